The summed E-state index contributed by atoms with van der Waals surface area (Å²) in [6.45, 7) is 3.75. The van der Waals surface area contributed by atoms with Gasteiger partial charge in [-0.15, -0.1) is 13.2 Å². The third-order valence-electron chi connectivity index (χ3n) is 10.5. The number of aromatic nitrogens is 3. The van der Waals surface area contributed by atoms with Gasteiger partial charge in [0.05, 0.1) is 13.3 Å². The topological polar surface area (TPSA) is 108 Å². The van der Waals surface area contributed by atoms with Crippen molar-refractivity contribution in [2.75, 3.05) is 31.8 Å². The van der Waals surface area contributed by atoms with E-state index in [1.165, 1.54) is 18.0 Å². The zero-order valence-corrected chi connectivity index (χ0v) is 28.7. The summed E-state index contributed by atoms with van der Waals surface area (Å²) in [7, 11) is 1.67. The fraction of sp³-hybridized carbons (Fsp3) is 0.568. The van der Waals surface area contributed by atoms with Gasteiger partial charge >= 0.3 is 12.4 Å². The Morgan fingerprint density at radius 3 is 2.38 bits per heavy atom. The summed E-state index contributed by atoms with van der Waals surface area (Å²) in [6.07, 6.45) is 5.93. The number of aryl methyl sites for hydroxylation is 1. The number of carbonyl (C=O) groups is 2. The molecule has 1 aromatic carbocycles. The van der Waals surface area contributed by atoms with Crippen molar-refractivity contribution < 1.29 is 37.0 Å². The molecule has 0 bridgehead atoms. The number of anilines is 1. The van der Waals surface area contributed by atoms with Crippen LogP contribution in [0.25, 0.3) is 11.1 Å². The molecule has 3 heterocycles. The highest BCUT2D eigenvalue weighted by atomic mass is 19.4. The van der Waals surface area contributed by atoms with E-state index in [1.807, 2.05) is 13.0 Å². The van der Waals surface area contributed by atoms with Gasteiger partial charge in [-0.2, -0.15) is 9.78 Å². The molecule has 1 N–H and O–H groups in total. The predicted octanol–water partition coefficient (Wildman–Crippen LogP) is 7.51. The van der Waals surface area contributed by atoms with Crippen molar-refractivity contribution in [3.8, 4) is 16.9 Å². The molecule has 0 radical (unpaired) electrons. The number of rotatable bonds is 9. The second-order valence-electron chi connectivity index (χ2n) is 13.8. The van der Waals surface area contributed by atoms with Crippen LogP contribution < -0.4 is 15.0 Å². The third kappa shape index (κ3) is 8.77. The molecule has 13 heteroatoms. The first-order chi connectivity index (χ1) is 24.1. The van der Waals surface area contributed by atoms with Crippen molar-refractivity contribution in [1.29, 1.82) is 0 Å². The van der Waals surface area contributed by atoms with Crippen LogP contribution in [0.1, 0.15) is 81.3 Å². The largest absolute Gasteiger partial charge is 0.504 e. The Hall–Kier alpha value is -4.13. The molecular weight excluding hydrogens is 651 g/mol. The fourth-order valence-electron chi connectivity index (χ4n) is 7.59. The number of amides is 2. The lowest BCUT2D eigenvalue weighted by Gasteiger charge is -2.36. The number of hydrogen-bond donors (Lipinski definition) is 1. The standard InChI is InChI=1S/C37H46F3N5O5/c1-24-19-28(9-12-33(24)48-2)26-5-3-25(4-6-26)22-44(34-20-29(13-16-41-34)30-21-42-45(23-30)37(38,39)40)35(46)27-7-10-32(11-8-27)50-36(47)43-31-14-17-49-18-15-31/h9,12-13,16,19-21,23,25-27,31-32H,3-8,10-11,14-15,17-18,22H2,1-2H3,(H,43,47). The zero-order valence-electron chi connectivity index (χ0n) is 28.7. The number of ether oxygens (including phenoxy) is 3. The molecule has 3 aliphatic rings. The molecule has 10 nitrogen and oxygen atoms in total. The van der Waals surface area contributed by atoms with Crippen molar-refractivity contribution >= 4 is 17.8 Å². The summed E-state index contributed by atoms with van der Waals surface area (Å²) in [5, 5.41) is 6.42. The van der Waals surface area contributed by atoms with E-state index in [0.29, 0.717) is 62.7 Å². The molecule has 3 fully saturated rings. The molecule has 2 amide bonds. The molecule has 0 unspecified atom stereocenters. The Morgan fingerprint density at radius 1 is 0.980 bits per heavy atom. The Kier molecular flexibility index (Phi) is 11.3. The van der Waals surface area contributed by atoms with Crippen LogP contribution in [0, 0.1) is 18.8 Å². The quantitative estimate of drug-likeness (QED) is 0.247. The lowest BCUT2D eigenvalue weighted by Crippen LogP contribution is -2.43. The second-order valence-corrected chi connectivity index (χ2v) is 13.8. The number of nitrogens with one attached hydrogen (secondary N) is 1. The molecule has 6 rings (SSSR count). The minimum atomic E-state index is -4.63. The summed E-state index contributed by atoms with van der Waals surface area (Å²) in [4.78, 5) is 33.1. The van der Waals surface area contributed by atoms with Crippen molar-refractivity contribution in [2.45, 2.75) is 95.5 Å². The molecule has 0 atom stereocenters. The van der Waals surface area contributed by atoms with Crippen molar-refractivity contribution in [3.05, 3.63) is 60.0 Å². The van der Waals surface area contributed by atoms with E-state index in [1.54, 1.807) is 24.1 Å². The fourth-order valence-corrected chi connectivity index (χ4v) is 7.59. The van der Waals surface area contributed by atoms with Crippen LogP contribution in [0.4, 0.5) is 23.8 Å². The minimum absolute atomic E-state index is 0.0293. The Balaban J connectivity index is 1.14. The van der Waals surface area contributed by atoms with E-state index in [2.05, 4.69) is 27.5 Å². The van der Waals surface area contributed by atoms with Gasteiger partial charge in [-0.05, 0) is 118 Å². The highest BCUT2D eigenvalue weighted by Crippen LogP contribution is 2.39. The van der Waals surface area contributed by atoms with E-state index in [0.717, 1.165) is 56.0 Å². The number of methoxy groups -OCH3 is 1. The number of carbonyl (C=O) groups excluding carboxylic acids is 2. The number of alkyl carbamates (subject to hydrolysis) is 1. The number of nitrogens with zero attached hydrogens (tertiary/aromatic N) is 4. The molecule has 1 aliphatic heterocycles. The second kappa shape index (κ2) is 15.8. The van der Waals surface area contributed by atoms with E-state index in [9.17, 15) is 22.8 Å². The zero-order chi connectivity index (χ0) is 35.3. The highest BCUT2D eigenvalue weighted by Gasteiger charge is 2.35. The van der Waals surface area contributed by atoms with Gasteiger partial charge in [0.15, 0.2) is 0 Å². The average Bonchev–Trinajstić information content (AvgIpc) is 3.63. The molecule has 1 saturated heterocycles. The molecule has 270 valence electrons. The number of pyridine rings is 1. The molecular formula is C37H46F3N5O5. The van der Waals surface area contributed by atoms with Gasteiger partial charge in [0.2, 0.25) is 5.91 Å². The maximum Gasteiger partial charge on any atom is 0.504 e. The maximum atomic E-state index is 14.3. The summed E-state index contributed by atoms with van der Waals surface area (Å²) in [5.41, 5.74) is 3.18. The number of hydrogen-bond acceptors (Lipinski definition) is 7. The van der Waals surface area contributed by atoms with Crippen LogP contribution >= 0.6 is 0 Å². The SMILES string of the molecule is COc1ccc(C2CCC(CN(C(=O)C3CCC(OC(=O)NC4CCOCC4)CC3)c3cc(-c4cnn(C(F)(F)F)c4)ccn3)CC2)cc1C. The summed E-state index contributed by atoms with van der Waals surface area (Å²) in [6, 6.07) is 9.70. The molecule has 3 aromatic rings. The van der Waals surface area contributed by atoms with Crippen LogP contribution in [0.2, 0.25) is 0 Å². The van der Waals surface area contributed by atoms with Gasteiger partial charge in [-0.1, -0.05) is 12.1 Å². The smallest absolute Gasteiger partial charge is 0.496 e. The van der Waals surface area contributed by atoms with Crippen molar-refractivity contribution in [2.24, 2.45) is 11.8 Å². The lowest BCUT2D eigenvalue weighted by atomic mass is 9.78. The van der Waals surface area contributed by atoms with E-state index >= 15 is 0 Å². The van der Waals surface area contributed by atoms with Crippen LogP contribution in [0.5, 0.6) is 5.75 Å². The predicted molar refractivity (Wildman–Crippen MR) is 181 cm³/mol. The minimum Gasteiger partial charge on any atom is -0.496 e. The van der Waals surface area contributed by atoms with Gasteiger partial charge in [0.1, 0.15) is 17.7 Å². The van der Waals surface area contributed by atoms with Gasteiger partial charge in [-0.3, -0.25) is 9.69 Å². The monoisotopic (exact) mass is 697 g/mol. The number of halogens is 3. The van der Waals surface area contributed by atoms with E-state index < -0.39 is 12.4 Å². The molecule has 2 aromatic heterocycles. The van der Waals surface area contributed by atoms with E-state index in [4.69, 9.17) is 14.2 Å². The van der Waals surface area contributed by atoms with Crippen molar-refractivity contribution in [3.63, 3.8) is 0 Å². The highest BCUT2D eigenvalue weighted by molar-refractivity contribution is 5.94. The average molecular weight is 698 g/mol. The normalized spacial score (nSPS) is 23.2. The summed E-state index contributed by atoms with van der Waals surface area (Å²) in [5.74, 6) is 1.60. The van der Waals surface area contributed by atoms with Crippen molar-refractivity contribution in [1.82, 2.24) is 20.1 Å². The molecule has 0 spiro atoms. The first-order valence-electron chi connectivity index (χ1n) is 17.7. The maximum absolute atomic E-state index is 14.3. The third-order valence-corrected chi connectivity index (χ3v) is 10.5. The number of alkyl halides is 3. The first-order valence-corrected chi connectivity index (χ1v) is 17.7. The Labute approximate surface area is 290 Å². The lowest BCUT2D eigenvalue weighted by molar-refractivity contribution is -0.212. The first kappa shape index (κ1) is 35.7. The van der Waals surface area contributed by atoms with Gasteiger partial charge in [0.25, 0.3) is 0 Å². The summed E-state index contributed by atoms with van der Waals surface area (Å²) >= 11 is 0. The van der Waals surface area contributed by atoms with Crippen LogP contribution in [-0.4, -0.2) is 65.8 Å². The van der Waals surface area contributed by atoms with Crippen LogP contribution in [0.15, 0.2) is 48.9 Å². The number of benzene rings is 1. The van der Waals surface area contributed by atoms with Gasteiger partial charge in [0, 0.05) is 49.7 Å². The van der Waals surface area contributed by atoms with E-state index in [-0.39, 0.29) is 40.1 Å². The summed E-state index contributed by atoms with van der Waals surface area (Å²) < 4.78 is 56.3. The molecule has 50 heavy (non-hydrogen) atoms. The van der Waals surface area contributed by atoms with Crippen LogP contribution in [-0.2, 0) is 20.6 Å². The molecule has 2 saturated carbocycles. The van der Waals surface area contributed by atoms with Gasteiger partial charge < -0.3 is 19.5 Å². The Morgan fingerprint density at radius 2 is 1.72 bits per heavy atom. The van der Waals surface area contributed by atoms with Crippen LogP contribution in [0.3, 0.4) is 0 Å². The molecule has 2 aliphatic carbocycles. The Bertz CT molecular complexity index is 1610. The van der Waals surface area contributed by atoms with Gasteiger partial charge in [-0.25, -0.2) is 9.78 Å².